The molecule has 0 spiro atoms. The topological polar surface area (TPSA) is 56.7 Å². The lowest BCUT2D eigenvalue weighted by Gasteiger charge is -2.18. The number of anilines is 1. The molecule has 1 fully saturated rings. The number of hydrogen-bond acceptors (Lipinski definition) is 3. The van der Waals surface area contributed by atoms with Crippen molar-refractivity contribution in [1.29, 1.82) is 0 Å². The first-order valence-electron chi connectivity index (χ1n) is 7.42. The quantitative estimate of drug-likeness (QED) is 0.851. The van der Waals surface area contributed by atoms with Crippen molar-refractivity contribution in [2.75, 3.05) is 5.73 Å². The van der Waals surface area contributed by atoms with Crippen molar-refractivity contribution in [3.63, 3.8) is 0 Å². The number of nitrogen functional groups attached to an aromatic ring is 1. The van der Waals surface area contributed by atoms with E-state index in [1.807, 2.05) is 30.8 Å². The fraction of sp³-hybridized carbons (Fsp3) is 0.500. The van der Waals surface area contributed by atoms with Gasteiger partial charge in [-0.2, -0.15) is 5.10 Å². The van der Waals surface area contributed by atoms with Crippen LogP contribution in [0.25, 0.3) is 11.4 Å². The molecular weight excluding hydrogens is 248 g/mol. The van der Waals surface area contributed by atoms with Crippen LogP contribution in [0.2, 0.25) is 0 Å². The van der Waals surface area contributed by atoms with Crippen molar-refractivity contribution in [1.82, 2.24) is 14.8 Å². The van der Waals surface area contributed by atoms with Gasteiger partial charge in [0.15, 0.2) is 11.6 Å². The molecule has 4 nitrogen and oxygen atoms in total. The van der Waals surface area contributed by atoms with Gasteiger partial charge in [-0.3, -0.25) is 0 Å². The summed E-state index contributed by atoms with van der Waals surface area (Å²) in [6.45, 7) is 2.03. The highest BCUT2D eigenvalue weighted by molar-refractivity contribution is 5.62. The SMILES string of the molecule is Cc1cc(-c2nc(C3CCCCC3)nn2C)ccc1N. The molecule has 0 unspecified atom stereocenters. The largest absolute Gasteiger partial charge is 0.399 e. The Morgan fingerprint density at radius 2 is 1.95 bits per heavy atom. The Labute approximate surface area is 120 Å². The van der Waals surface area contributed by atoms with Gasteiger partial charge in [-0.05, 0) is 43.5 Å². The molecule has 1 aliphatic carbocycles. The van der Waals surface area contributed by atoms with Crippen molar-refractivity contribution in [3.8, 4) is 11.4 Å². The van der Waals surface area contributed by atoms with Gasteiger partial charge in [-0.25, -0.2) is 9.67 Å². The number of hydrogen-bond donors (Lipinski definition) is 1. The molecule has 2 aromatic rings. The molecule has 1 heterocycles. The van der Waals surface area contributed by atoms with Crippen LogP contribution in [0.5, 0.6) is 0 Å². The monoisotopic (exact) mass is 270 g/mol. The van der Waals surface area contributed by atoms with Crippen LogP contribution < -0.4 is 5.73 Å². The lowest BCUT2D eigenvalue weighted by atomic mass is 9.89. The van der Waals surface area contributed by atoms with Gasteiger partial charge in [0.05, 0.1) is 0 Å². The summed E-state index contributed by atoms with van der Waals surface area (Å²) in [5.41, 5.74) is 8.89. The summed E-state index contributed by atoms with van der Waals surface area (Å²) >= 11 is 0. The van der Waals surface area contributed by atoms with E-state index in [9.17, 15) is 0 Å². The summed E-state index contributed by atoms with van der Waals surface area (Å²) in [7, 11) is 1.97. The minimum atomic E-state index is 0.540. The maximum absolute atomic E-state index is 5.88. The number of aryl methyl sites for hydroxylation is 2. The van der Waals surface area contributed by atoms with Crippen molar-refractivity contribution in [3.05, 3.63) is 29.6 Å². The van der Waals surface area contributed by atoms with Crippen LogP contribution in [0.1, 0.15) is 49.4 Å². The van der Waals surface area contributed by atoms with Gasteiger partial charge in [0.25, 0.3) is 0 Å². The highest BCUT2D eigenvalue weighted by Gasteiger charge is 2.21. The lowest BCUT2D eigenvalue weighted by Crippen LogP contribution is -2.06. The van der Waals surface area contributed by atoms with Crippen molar-refractivity contribution < 1.29 is 0 Å². The first-order valence-corrected chi connectivity index (χ1v) is 7.42. The normalized spacial score (nSPS) is 16.5. The molecular formula is C16H22N4. The fourth-order valence-electron chi connectivity index (χ4n) is 3.00. The second-order valence-electron chi connectivity index (χ2n) is 5.82. The lowest BCUT2D eigenvalue weighted by molar-refractivity contribution is 0.427. The number of nitrogens with zero attached hydrogens (tertiary/aromatic N) is 3. The van der Waals surface area contributed by atoms with Gasteiger partial charge >= 0.3 is 0 Å². The van der Waals surface area contributed by atoms with Crippen LogP contribution in [-0.4, -0.2) is 14.8 Å². The number of benzene rings is 1. The first kappa shape index (κ1) is 13.2. The van der Waals surface area contributed by atoms with Gasteiger partial charge in [-0.15, -0.1) is 0 Å². The van der Waals surface area contributed by atoms with Crippen LogP contribution in [0.3, 0.4) is 0 Å². The van der Waals surface area contributed by atoms with Crippen molar-refractivity contribution >= 4 is 5.69 Å². The van der Waals surface area contributed by atoms with Crippen molar-refractivity contribution in [2.24, 2.45) is 7.05 Å². The third-order valence-corrected chi connectivity index (χ3v) is 4.28. The molecule has 0 bridgehead atoms. The van der Waals surface area contributed by atoms with E-state index in [4.69, 9.17) is 10.7 Å². The Kier molecular flexibility index (Phi) is 3.47. The third kappa shape index (κ3) is 2.42. The standard InChI is InChI=1S/C16H22N4/c1-11-10-13(8-9-14(11)17)16-18-15(19-20(16)2)12-6-4-3-5-7-12/h8-10,12H,3-7,17H2,1-2H3. The van der Waals surface area contributed by atoms with Crippen LogP contribution >= 0.6 is 0 Å². The zero-order chi connectivity index (χ0) is 14.1. The highest BCUT2D eigenvalue weighted by atomic mass is 15.3. The van der Waals surface area contributed by atoms with E-state index in [2.05, 4.69) is 11.2 Å². The molecule has 1 aromatic carbocycles. The van der Waals surface area contributed by atoms with E-state index in [0.717, 1.165) is 28.5 Å². The average Bonchev–Trinajstić information content (AvgIpc) is 2.85. The minimum absolute atomic E-state index is 0.540. The summed E-state index contributed by atoms with van der Waals surface area (Å²) in [6, 6.07) is 6.06. The predicted molar refractivity (Wildman–Crippen MR) is 81.4 cm³/mol. The molecule has 3 rings (SSSR count). The van der Waals surface area contributed by atoms with E-state index in [1.165, 1.54) is 32.1 Å². The molecule has 0 atom stereocenters. The molecule has 0 saturated heterocycles. The summed E-state index contributed by atoms with van der Waals surface area (Å²) in [5, 5.41) is 4.64. The third-order valence-electron chi connectivity index (χ3n) is 4.28. The van der Waals surface area contributed by atoms with Crippen LogP contribution in [0.15, 0.2) is 18.2 Å². The summed E-state index contributed by atoms with van der Waals surface area (Å²) in [4.78, 5) is 4.79. The summed E-state index contributed by atoms with van der Waals surface area (Å²) in [6.07, 6.45) is 6.42. The van der Waals surface area contributed by atoms with Gasteiger partial charge in [0, 0.05) is 24.2 Å². The Morgan fingerprint density at radius 3 is 2.65 bits per heavy atom. The molecule has 1 aliphatic rings. The molecule has 0 amide bonds. The van der Waals surface area contributed by atoms with E-state index in [-0.39, 0.29) is 0 Å². The smallest absolute Gasteiger partial charge is 0.158 e. The maximum Gasteiger partial charge on any atom is 0.158 e. The van der Waals surface area contributed by atoms with Crippen LogP contribution in [0, 0.1) is 6.92 Å². The van der Waals surface area contributed by atoms with Gasteiger partial charge in [-0.1, -0.05) is 19.3 Å². The number of aromatic nitrogens is 3. The average molecular weight is 270 g/mol. The van der Waals surface area contributed by atoms with Gasteiger partial charge in [0.2, 0.25) is 0 Å². The van der Waals surface area contributed by atoms with Crippen molar-refractivity contribution in [2.45, 2.75) is 44.9 Å². The Balaban J connectivity index is 1.93. The van der Waals surface area contributed by atoms with Crippen LogP contribution in [-0.2, 0) is 7.05 Å². The predicted octanol–water partition coefficient (Wildman–Crippen LogP) is 3.42. The van der Waals surface area contributed by atoms with E-state index in [0.29, 0.717) is 5.92 Å². The zero-order valence-electron chi connectivity index (χ0n) is 12.3. The Bertz CT molecular complexity index is 609. The molecule has 1 aromatic heterocycles. The van der Waals surface area contributed by atoms with Gasteiger partial charge in [0.1, 0.15) is 0 Å². The number of nitrogens with two attached hydrogens (primary N) is 1. The summed E-state index contributed by atoms with van der Waals surface area (Å²) < 4.78 is 1.90. The Hall–Kier alpha value is -1.84. The minimum Gasteiger partial charge on any atom is -0.399 e. The Morgan fingerprint density at radius 1 is 1.20 bits per heavy atom. The first-order chi connectivity index (χ1) is 9.65. The second-order valence-corrected chi connectivity index (χ2v) is 5.82. The second kappa shape index (κ2) is 5.27. The van der Waals surface area contributed by atoms with Gasteiger partial charge < -0.3 is 5.73 Å². The molecule has 2 N–H and O–H groups in total. The molecule has 4 heteroatoms. The van der Waals surface area contributed by atoms with E-state index in [1.54, 1.807) is 0 Å². The number of rotatable bonds is 2. The van der Waals surface area contributed by atoms with E-state index >= 15 is 0 Å². The van der Waals surface area contributed by atoms with Crippen LogP contribution in [0.4, 0.5) is 5.69 Å². The molecule has 0 aliphatic heterocycles. The molecule has 20 heavy (non-hydrogen) atoms. The zero-order valence-corrected chi connectivity index (χ0v) is 12.3. The highest BCUT2D eigenvalue weighted by Crippen LogP contribution is 2.32. The molecule has 106 valence electrons. The van der Waals surface area contributed by atoms with E-state index < -0.39 is 0 Å². The fourth-order valence-corrected chi connectivity index (χ4v) is 3.00. The molecule has 0 radical (unpaired) electrons. The maximum atomic E-state index is 5.88. The summed E-state index contributed by atoms with van der Waals surface area (Å²) in [5.74, 6) is 2.49. The molecule has 1 saturated carbocycles.